The van der Waals surface area contributed by atoms with Crippen LogP contribution >= 0.6 is 23.2 Å². The molecule has 0 spiro atoms. The number of ether oxygens (including phenoxy) is 2. The van der Waals surface area contributed by atoms with Crippen LogP contribution in [-0.4, -0.2) is 36.2 Å². The maximum atomic E-state index is 12.1. The van der Waals surface area contributed by atoms with Gasteiger partial charge in [0, 0.05) is 11.6 Å². The first-order chi connectivity index (χ1) is 12.0. The summed E-state index contributed by atoms with van der Waals surface area (Å²) in [7, 11) is 0. The zero-order valence-corrected chi connectivity index (χ0v) is 16.5. The van der Waals surface area contributed by atoms with Crippen molar-refractivity contribution in [2.75, 3.05) is 11.9 Å². The second-order valence-electron chi connectivity index (χ2n) is 6.42. The Labute approximate surface area is 162 Å². The van der Waals surface area contributed by atoms with Crippen molar-refractivity contribution >= 4 is 46.9 Å². The van der Waals surface area contributed by atoms with Crippen LogP contribution in [0.3, 0.4) is 0 Å². The van der Waals surface area contributed by atoms with E-state index >= 15 is 0 Å². The van der Waals surface area contributed by atoms with Crippen molar-refractivity contribution in [2.45, 2.75) is 45.8 Å². The minimum absolute atomic E-state index is 0.0300. The van der Waals surface area contributed by atoms with Gasteiger partial charge in [-0.1, -0.05) is 23.2 Å². The zero-order valence-electron chi connectivity index (χ0n) is 15.0. The lowest BCUT2D eigenvalue weighted by atomic mass is 10.2. The largest absolute Gasteiger partial charge is 0.452 e. The molecule has 0 aliphatic heterocycles. The second kappa shape index (κ2) is 9.64. The summed E-state index contributed by atoms with van der Waals surface area (Å²) < 4.78 is 10.1. The fraction of sp³-hybridized carbons (Fsp3) is 0.471. The number of esters is 1. The summed E-state index contributed by atoms with van der Waals surface area (Å²) in [5, 5.41) is 5.68. The Bertz CT molecular complexity index is 674. The maximum absolute atomic E-state index is 12.1. The van der Waals surface area contributed by atoms with Crippen molar-refractivity contribution in [1.29, 1.82) is 0 Å². The molecule has 0 aromatic heterocycles. The number of hydrogen-bond donors (Lipinski definition) is 2. The van der Waals surface area contributed by atoms with Gasteiger partial charge in [0.2, 0.25) is 0 Å². The van der Waals surface area contributed by atoms with Crippen LogP contribution in [0.2, 0.25) is 10.0 Å². The van der Waals surface area contributed by atoms with E-state index in [1.165, 1.54) is 13.0 Å². The van der Waals surface area contributed by atoms with Crippen LogP contribution in [0, 0.1) is 0 Å². The smallest absolute Gasteiger partial charge is 0.407 e. The Morgan fingerprint density at radius 1 is 1.19 bits per heavy atom. The molecule has 0 saturated heterocycles. The Balaban J connectivity index is 2.40. The topological polar surface area (TPSA) is 93.7 Å². The number of anilines is 1. The van der Waals surface area contributed by atoms with E-state index in [0.717, 1.165) is 0 Å². The van der Waals surface area contributed by atoms with Gasteiger partial charge < -0.3 is 20.1 Å². The van der Waals surface area contributed by atoms with E-state index in [2.05, 4.69) is 10.6 Å². The molecule has 7 nitrogen and oxygen atoms in total. The molecule has 0 heterocycles. The van der Waals surface area contributed by atoms with Crippen LogP contribution in [0.4, 0.5) is 10.5 Å². The summed E-state index contributed by atoms with van der Waals surface area (Å²) in [6.07, 6.45) is -1.78. The lowest BCUT2D eigenvalue weighted by molar-refractivity contribution is -0.153. The molecule has 0 fully saturated rings. The van der Waals surface area contributed by atoms with Gasteiger partial charge in [-0.15, -0.1) is 0 Å². The minimum atomic E-state index is -1.04. The van der Waals surface area contributed by atoms with Gasteiger partial charge in [0.05, 0.1) is 17.1 Å². The highest BCUT2D eigenvalue weighted by Gasteiger charge is 2.20. The third kappa shape index (κ3) is 8.40. The second-order valence-corrected chi connectivity index (χ2v) is 7.27. The quantitative estimate of drug-likeness (QED) is 0.703. The normalized spacial score (nSPS) is 12.1. The van der Waals surface area contributed by atoms with Crippen LogP contribution in [0.1, 0.15) is 34.1 Å². The first-order valence-electron chi connectivity index (χ1n) is 7.90. The number of benzene rings is 1. The maximum Gasteiger partial charge on any atom is 0.407 e. The highest BCUT2D eigenvalue weighted by molar-refractivity contribution is 6.35. The molecular weight excluding hydrogens is 383 g/mol. The summed E-state index contributed by atoms with van der Waals surface area (Å²) in [5.74, 6) is -1.19. The number of nitrogens with one attached hydrogen (secondary N) is 2. The lowest BCUT2D eigenvalue weighted by Gasteiger charge is -2.19. The number of alkyl carbamates (subject to hydrolysis) is 1. The number of carbonyl (C=O) groups is 3. The first kappa shape index (κ1) is 22.1. The van der Waals surface area contributed by atoms with E-state index in [1.54, 1.807) is 32.9 Å². The first-order valence-corrected chi connectivity index (χ1v) is 8.66. The summed E-state index contributed by atoms with van der Waals surface area (Å²) in [6, 6.07) is 4.61. The van der Waals surface area contributed by atoms with Gasteiger partial charge in [0.15, 0.2) is 6.10 Å². The van der Waals surface area contributed by atoms with Gasteiger partial charge in [0.25, 0.3) is 5.91 Å². The average molecular weight is 405 g/mol. The summed E-state index contributed by atoms with van der Waals surface area (Å²) in [4.78, 5) is 35.3. The summed E-state index contributed by atoms with van der Waals surface area (Å²) in [6.45, 7) is 6.64. The third-order valence-corrected chi connectivity index (χ3v) is 3.43. The molecule has 1 rings (SSSR count). The Morgan fingerprint density at radius 2 is 1.85 bits per heavy atom. The average Bonchev–Trinajstić information content (AvgIpc) is 2.48. The van der Waals surface area contributed by atoms with Crippen LogP contribution in [0.15, 0.2) is 18.2 Å². The molecule has 0 aliphatic carbocycles. The number of hydrogen-bond acceptors (Lipinski definition) is 5. The molecule has 26 heavy (non-hydrogen) atoms. The van der Waals surface area contributed by atoms with Crippen LogP contribution < -0.4 is 10.6 Å². The fourth-order valence-corrected chi connectivity index (χ4v) is 2.05. The van der Waals surface area contributed by atoms with Crippen molar-refractivity contribution in [3.05, 3.63) is 28.2 Å². The van der Waals surface area contributed by atoms with E-state index in [1.807, 2.05) is 0 Å². The highest BCUT2D eigenvalue weighted by atomic mass is 35.5. The molecule has 1 aromatic carbocycles. The molecule has 1 unspecified atom stereocenters. The third-order valence-electron chi connectivity index (χ3n) is 2.86. The van der Waals surface area contributed by atoms with Crippen LogP contribution in [0.5, 0.6) is 0 Å². The minimum Gasteiger partial charge on any atom is -0.452 e. The standard InChI is InChI=1S/C17H22Cl2N2O5/c1-10(15(23)21-13-9-11(18)5-6-12(13)19)25-14(22)7-8-20-16(24)26-17(2,3)4/h5-6,9-10H,7-8H2,1-4H3,(H,20,24)(H,21,23). The van der Waals surface area contributed by atoms with Gasteiger partial charge in [-0.25, -0.2) is 4.79 Å². The molecule has 2 amide bonds. The number of rotatable bonds is 6. The number of halogens is 2. The number of amides is 2. The predicted octanol–water partition coefficient (Wildman–Crippen LogP) is 3.78. The monoisotopic (exact) mass is 404 g/mol. The van der Waals surface area contributed by atoms with E-state index in [9.17, 15) is 14.4 Å². The van der Waals surface area contributed by atoms with E-state index in [0.29, 0.717) is 15.7 Å². The van der Waals surface area contributed by atoms with Gasteiger partial charge in [-0.05, 0) is 45.9 Å². The van der Waals surface area contributed by atoms with E-state index < -0.39 is 29.7 Å². The van der Waals surface area contributed by atoms with Gasteiger partial charge in [0.1, 0.15) is 5.60 Å². The molecule has 0 radical (unpaired) electrons. The van der Waals surface area contributed by atoms with Crippen LogP contribution in [-0.2, 0) is 19.1 Å². The van der Waals surface area contributed by atoms with Crippen LogP contribution in [0.25, 0.3) is 0 Å². The van der Waals surface area contributed by atoms with Crippen molar-refractivity contribution in [1.82, 2.24) is 5.32 Å². The van der Waals surface area contributed by atoms with Crippen molar-refractivity contribution < 1.29 is 23.9 Å². The molecule has 0 aliphatic rings. The van der Waals surface area contributed by atoms with Gasteiger partial charge >= 0.3 is 12.1 Å². The zero-order chi connectivity index (χ0) is 19.9. The van der Waals surface area contributed by atoms with Crippen molar-refractivity contribution in [3.8, 4) is 0 Å². The summed E-state index contributed by atoms with van der Waals surface area (Å²) in [5.41, 5.74) is -0.308. The molecule has 9 heteroatoms. The Kier molecular flexibility index (Phi) is 8.17. The van der Waals surface area contributed by atoms with Crippen molar-refractivity contribution in [3.63, 3.8) is 0 Å². The van der Waals surface area contributed by atoms with Gasteiger partial charge in [-0.3, -0.25) is 9.59 Å². The Hall–Kier alpha value is -1.99. The number of carbonyl (C=O) groups excluding carboxylic acids is 3. The predicted molar refractivity (Wildman–Crippen MR) is 99.5 cm³/mol. The van der Waals surface area contributed by atoms with E-state index in [4.69, 9.17) is 32.7 Å². The molecule has 2 N–H and O–H groups in total. The Morgan fingerprint density at radius 3 is 2.46 bits per heavy atom. The highest BCUT2D eigenvalue weighted by Crippen LogP contribution is 2.25. The molecule has 1 atom stereocenters. The fourth-order valence-electron chi connectivity index (χ4n) is 1.72. The summed E-state index contributed by atoms with van der Waals surface area (Å²) >= 11 is 11.8. The SMILES string of the molecule is CC(OC(=O)CCNC(=O)OC(C)(C)C)C(=O)Nc1cc(Cl)ccc1Cl. The lowest BCUT2D eigenvalue weighted by Crippen LogP contribution is -2.35. The molecule has 144 valence electrons. The molecule has 0 bridgehead atoms. The van der Waals surface area contributed by atoms with Gasteiger partial charge in [-0.2, -0.15) is 0 Å². The van der Waals surface area contributed by atoms with Crippen molar-refractivity contribution in [2.24, 2.45) is 0 Å². The van der Waals surface area contributed by atoms with E-state index in [-0.39, 0.29) is 13.0 Å². The molecule has 1 aromatic rings. The molecule has 0 saturated carbocycles. The molecular formula is C17H22Cl2N2O5.